The molecule has 3 rings (SSSR count). The van der Waals surface area contributed by atoms with E-state index in [1.54, 1.807) is 42.3 Å². The number of rotatable bonds is 9. The van der Waals surface area contributed by atoms with Crippen LogP contribution in [0.4, 0.5) is 10.9 Å². The van der Waals surface area contributed by atoms with Gasteiger partial charge in [-0.15, -0.1) is 0 Å². The molecular formula is C20H19N7O4S. The number of carbonyl (C=O) groups excluding carboxylic acids is 2. The molecule has 0 unspecified atom stereocenters. The Kier molecular flexibility index (Phi) is 6.91. The minimum absolute atomic E-state index is 0.0276. The number of hydrogen-bond donors (Lipinski definition) is 2. The number of carbonyl (C=O) groups is 3. The maximum absolute atomic E-state index is 12.6. The van der Waals surface area contributed by atoms with Gasteiger partial charge in [-0.2, -0.15) is 10.4 Å². The van der Waals surface area contributed by atoms with E-state index in [1.165, 1.54) is 11.8 Å². The van der Waals surface area contributed by atoms with Gasteiger partial charge < -0.3 is 10.4 Å². The number of aryl methyl sites for hydroxylation is 2. The average molecular weight is 453 g/mol. The molecule has 0 aliphatic rings. The predicted octanol–water partition coefficient (Wildman–Crippen LogP) is 2.22. The second-order valence-corrected chi connectivity index (χ2v) is 7.80. The molecule has 0 spiro atoms. The first-order valence-electron chi connectivity index (χ1n) is 9.39. The van der Waals surface area contributed by atoms with Crippen LogP contribution in [0.3, 0.4) is 0 Å². The van der Waals surface area contributed by atoms with Crippen LogP contribution in [0.1, 0.15) is 28.2 Å². The van der Waals surface area contributed by atoms with Crippen molar-refractivity contribution in [1.29, 1.82) is 5.26 Å². The normalized spacial score (nSPS) is 11.4. The van der Waals surface area contributed by atoms with Crippen LogP contribution < -0.4 is 10.2 Å². The van der Waals surface area contributed by atoms with Gasteiger partial charge in [0.2, 0.25) is 12.3 Å². The lowest BCUT2D eigenvalue weighted by Gasteiger charge is -2.25. The largest absolute Gasteiger partial charge is 0.477 e. The highest BCUT2D eigenvalue weighted by Crippen LogP contribution is 2.25. The molecule has 0 aliphatic carbocycles. The zero-order valence-corrected chi connectivity index (χ0v) is 18.0. The third-order valence-electron chi connectivity index (χ3n) is 4.49. The summed E-state index contributed by atoms with van der Waals surface area (Å²) < 4.78 is 1.63. The lowest BCUT2D eigenvalue weighted by atomic mass is 10.1. The number of aromatic carboxylic acids is 1. The van der Waals surface area contributed by atoms with Crippen LogP contribution in [0.15, 0.2) is 30.6 Å². The van der Waals surface area contributed by atoms with Crippen molar-refractivity contribution < 1.29 is 19.5 Å². The van der Waals surface area contributed by atoms with E-state index in [4.69, 9.17) is 5.11 Å². The summed E-state index contributed by atoms with van der Waals surface area (Å²) in [5.74, 6) is -1.35. The first-order valence-corrected chi connectivity index (χ1v) is 10.2. The van der Waals surface area contributed by atoms with Gasteiger partial charge in [0.25, 0.3) is 0 Å². The summed E-state index contributed by atoms with van der Waals surface area (Å²) in [5.41, 5.74) is 1.63. The molecule has 11 nitrogen and oxygen atoms in total. The monoisotopic (exact) mass is 453 g/mol. The Labute approximate surface area is 186 Å². The minimum atomic E-state index is -1.13. The first kappa shape index (κ1) is 22.6. The smallest absolute Gasteiger partial charge is 0.347 e. The summed E-state index contributed by atoms with van der Waals surface area (Å²) in [6.45, 7) is 1.53. The van der Waals surface area contributed by atoms with Crippen molar-refractivity contribution in [2.45, 2.75) is 25.8 Å². The van der Waals surface area contributed by atoms with Gasteiger partial charge in [0.05, 0.1) is 36.1 Å². The van der Waals surface area contributed by atoms with E-state index >= 15 is 0 Å². The number of carboxylic acid groups (broad SMARTS) is 1. The zero-order chi connectivity index (χ0) is 23.3. The number of nitriles is 1. The van der Waals surface area contributed by atoms with Gasteiger partial charge in [-0.05, 0) is 19.1 Å². The quantitative estimate of drug-likeness (QED) is 0.467. The van der Waals surface area contributed by atoms with Crippen LogP contribution in [-0.4, -0.2) is 49.2 Å². The van der Waals surface area contributed by atoms with Crippen LogP contribution in [0, 0.1) is 18.3 Å². The maximum atomic E-state index is 12.6. The van der Waals surface area contributed by atoms with E-state index in [2.05, 4.69) is 20.4 Å². The molecule has 0 fully saturated rings. The number of nitrogens with zero attached hydrogens (tertiary/aromatic N) is 6. The third kappa shape index (κ3) is 5.13. The summed E-state index contributed by atoms with van der Waals surface area (Å²) in [4.78, 5) is 45.4. The van der Waals surface area contributed by atoms with Gasteiger partial charge in [-0.1, -0.05) is 17.4 Å². The Balaban J connectivity index is 1.79. The average Bonchev–Trinajstić information content (AvgIpc) is 3.34. The summed E-state index contributed by atoms with van der Waals surface area (Å²) >= 11 is 0.837. The number of pyridine rings is 1. The summed E-state index contributed by atoms with van der Waals surface area (Å²) in [6, 6.07) is 6.30. The lowest BCUT2D eigenvalue weighted by molar-refractivity contribution is -0.116. The van der Waals surface area contributed by atoms with Gasteiger partial charge in [-0.25, -0.2) is 14.8 Å². The summed E-state index contributed by atoms with van der Waals surface area (Å²) in [5, 5.41) is 25.1. The summed E-state index contributed by atoms with van der Waals surface area (Å²) in [7, 11) is 1.77. The molecule has 3 aromatic heterocycles. The van der Waals surface area contributed by atoms with E-state index in [-0.39, 0.29) is 34.4 Å². The molecule has 2 N–H and O–H groups in total. The topological polar surface area (TPSA) is 154 Å². The standard InChI is InChI=1S/C20H19N7O4S/c1-12-18(19(30)31)32-20(23-12)25-17(29)8-14(6-7-21)27(11-28)16-5-3-4-15(24-16)13-9-22-26(2)10-13/h3-5,9-11,14H,6,8H2,1-2H3,(H,30,31)(H,23,25,29)/t14-/m0/s1. The zero-order valence-electron chi connectivity index (χ0n) is 17.2. The Hall–Kier alpha value is -4.11. The van der Waals surface area contributed by atoms with E-state index in [0.717, 1.165) is 16.9 Å². The predicted molar refractivity (Wildman–Crippen MR) is 116 cm³/mol. The molecule has 12 heteroatoms. The van der Waals surface area contributed by atoms with E-state index < -0.39 is 17.9 Å². The highest BCUT2D eigenvalue weighted by Gasteiger charge is 2.24. The highest BCUT2D eigenvalue weighted by molar-refractivity contribution is 7.17. The molecule has 2 amide bonds. The second-order valence-electron chi connectivity index (χ2n) is 6.80. The van der Waals surface area contributed by atoms with Gasteiger partial charge in [0.1, 0.15) is 10.7 Å². The molecule has 0 aromatic carbocycles. The molecule has 0 radical (unpaired) electrons. The van der Waals surface area contributed by atoms with Crippen molar-refractivity contribution in [3.63, 3.8) is 0 Å². The van der Waals surface area contributed by atoms with Crippen molar-refractivity contribution in [1.82, 2.24) is 19.7 Å². The van der Waals surface area contributed by atoms with Crippen LogP contribution in [0.25, 0.3) is 11.3 Å². The van der Waals surface area contributed by atoms with Crippen LogP contribution in [0.2, 0.25) is 0 Å². The maximum Gasteiger partial charge on any atom is 0.347 e. The third-order valence-corrected chi connectivity index (χ3v) is 5.55. The van der Waals surface area contributed by atoms with Gasteiger partial charge in [0.15, 0.2) is 5.13 Å². The van der Waals surface area contributed by atoms with Crippen molar-refractivity contribution in [3.05, 3.63) is 41.2 Å². The molecule has 3 aromatic rings. The second kappa shape index (κ2) is 9.80. The number of hydrogen-bond acceptors (Lipinski definition) is 8. The van der Waals surface area contributed by atoms with Gasteiger partial charge >= 0.3 is 5.97 Å². The molecule has 1 atom stereocenters. The Morgan fingerprint density at radius 1 is 1.41 bits per heavy atom. The lowest BCUT2D eigenvalue weighted by Crippen LogP contribution is -2.37. The first-order chi connectivity index (χ1) is 15.3. The molecule has 0 saturated carbocycles. The van der Waals surface area contributed by atoms with Crippen molar-refractivity contribution in [3.8, 4) is 17.3 Å². The molecule has 164 valence electrons. The van der Waals surface area contributed by atoms with Crippen molar-refractivity contribution in [2.75, 3.05) is 10.2 Å². The Morgan fingerprint density at radius 3 is 2.78 bits per heavy atom. The van der Waals surface area contributed by atoms with Gasteiger partial charge in [-0.3, -0.25) is 19.2 Å². The molecule has 0 saturated heterocycles. The Morgan fingerprint density at radius 2 is 2.19 bits per heavy atom. The fraction of sp³-hybridized carbons (Fsp3) is 0.250. The molecule has 0 aliphatic heterocycles. The van der Waals surface area contributed by atoms with E-state index in [9.17, 15) is 19.6 Å². The number of nitrogens with one attached hydrogen (secondary N) is 1. The Bertz CT molecular complexity index is 1200. The molecule has 32 heavy (non-hydrogen) atoms. The van der Waals surface area contributed by atoms with Gasteiger partial charge in [0, 0.05) is 25.2 Å². The number of carboxylic acids is 1. The number of thiazole rings is 1. The molecule has 3 heterocycles. The van der Waals surface area contributed by atoms with E-state index in [1.807, 2.05) is 6.07 Å². The number of anilines is 2. The highest BCUT2D eigenvalue weighted by atomic mass is 32.1. The van der Waals surface area contributed by atoms with E-state index in [0.29, 0.717) is 12.1 Å². The number of amides is 2. The summed E-state index contributed by atoms with van der Waals surface area (Å²) in [6.07, 6.45) is 3.63. The molecule has 0 bridgehead atoms. The van der Waals surface area contributed by atoms with Crippen LogP contribution in [-0.2, 0) is 16.6 Å². The van der Waals surface area contributed by atoms with Crippen molar-refractivity contribution >= 4 is 40.6 Å². The number of aromatic nitrogens is 4. The van der Waals surface area contributed by atoms with Crippen LogP contribution in [0.5, 0.6) is 0 Å². The van der Waals surface area contributed by atoms with Crippen LogP contribution >= 0.6 is 11.3 Å². The molecular weight excluding hydrogens is 434 g/mol. The minimum Gasteiger partial charge on any atom is -0.477 e. The van der Waals surface area contributed by atoms with Crippen molar-refractivity contribution in [2.24, 2.45) is 7.05 Å². The SMILES string of the molecule is Cc1nc(NC(=O)C[C@H](CC#N)N(C=O)c2cccc(-c3cnn(C)c3)n2)sc1C(=O)O. The fourth-order valence-electron chi connectivity index (χ4n) is 3.02. The fourth-order valence-corrected chi connectivity index (χ4v) is 3.84.